The molecule has 1 aromatic heterocycles. The van der Waals surface area contributed by atoms with Gasteiger partial charge in [0.25, 0.3) is 0 Å². The molecule has 0 spiro atoms. The van der Waals surface area contributed by atoms with E-state index >= 15 is 0 Å². The number of nitrogens with zero attached hydrogens (tertiary/aromatic N) is 1. The summed E-state index contributed by atoms with van der Waals surface area (Å²) in [6.07, 6.45) is 1.75. The highest BCUT2D eigenvalue weighted by atomic mass is 19.1. The molecule has 0 amide bonds. The molecule has 2 aromatic rings. The molecule has 3 rings (SSSR count). The molecule has 24 heavy (non-hydrogen) atoms. The fourth-order valence-electron chi connectivity index (χ4n) is 2.86. The smallest absolute Gasteiger partial charge is 0.313 e. The molecule has 4 nitrogen and oxygen atoms in total. The van der Waals surface area contributed by atoms with E-state index in [9.17, 15) is 14.0 Å². The fourth-order valence-corrected chi connectivity index (χ4v) is 2.86. The summed E-state index contributed by atoms with van der Waals surface area (Å²) in [6.45, 7) is 2.02. The van der Waals surface area contributed by atoms with Crippen LogP contribution in [0.25, 0.3) is 6.08 Å². The first-order chi connectivity index (χ1) is 11.6. The van der Waals surface area contributed by atoms with Crippen molar-refractivity contribution >= 4 is 17.8 Å². The van der Waals surface area contributed by atoms with E-state index in [0.717, 1.165) is 0 Å². The lowest BCUT2D eigenvalue weighted by Gasteiger charge is -2.25. The van der Waals surface area contributed by atoms with Crippen LogP contribution in [0.3, 0.4) is 0 Å². The monoisotopic (exact) mass is 325 g/mol. The van der Waals surface area contributed by atoms with Crippen LogP contribution in [-0.4, -0.2) is 23.3 Å². The van der Waals surface area contributed by atoms with Crippen LogP contribution >= 0.6 is 0 Å². The third kappa shape index (κ3) is 3.11. The number of carbonyl (C=O) groups excluding carboxylic acids is 2. The lowest BCUT2D eigenvalue weighted by molar-refractivity contribution is -0.144. The highest BCUT2D eigenvalue weighted by molar-refractivity contribution is 6.14. The number of rotatable bonds is 3. The van der Waals surface area contributed by atoms with Gasteiger partial charge in [-0.3, -0.25) is 9.59 Å². The number of ketones is 1. The molecule has 1 aromatic carbocycles. The Morgan fingerprint density at radius 3 is 2.83 bits per heavy atom. The number of ether oxygens (including phenoxy) is 1. The number of Topliss-reactive ketones (excluding diaryl/α,β-unsaturated/α-hetero) is 1. The van der Waals surface area contributed by atoms with E-state index in [1.807, 2.05) is 0 Å². The quantitative estimate of drug-likeness (QED) is 0.492. The topological polar surface area (TPSA) is 56.3 Å². The van der Waals surface area contributed by atoms with Crippen LogP contribution in [0.5, 0.6) is 0 Å². The maximum atomic E-state index is 13.3. The van der Waals surface area contributed by atoms with Gasteiger partial charge in [-0.1, -0.05) is 30.3 Å². The average molecular weight is 325 g/mol. The lowest BCUT2D eigenvalue weighted by Crippen LogP contribution is -2.25. The molecule has 0 radical (unpaired) electrons. The summed E-state index contributed by atoms with van der Waals surface area (Å²) in [5.41, 5.74) is 1.92. The summed E-state index contributed by atoms with van der Waals surface area (Å²) in [7, 11) is 0. The average Bonchev–Trinajstić information content (AvgIpc) is 2.58. The minimum absolute atomic E-state index is 0.169. The molecule has 0 saturated carbocycles. The van der Waals surface area contributed by atoms with Crippen molar-refractivity contribution in [3.05, 3.63) is 70.8 Å². The Labute approximate surface area is 139 Å². The van der Waals surface area contributed by atoms with E-state index in [-0.39, 0.29) is 24.8 Å². The Kier molecular flexibility index (Phi) is 4.51. The van der Waals surface area contributed by atoms with E-state index in [4.69, 9.17) is 4.74 Å². The molecule has 5 heteroatoms. The van der Waals surface area contributed by atoms with E-state index in [1.165, 1.54) is 18.2 Å². The number of aromatic nitrogens is 1. The molecule has 0 bridgehead atoms. The molecule has 0 fully saturated rings. The predicted octanol–water partition coefficient (Wildman–Crippen LogP) is 3.54. The van der Waals surface area contributed by atoms with E-state index < -0.39 is 11.9 Å². The summed E-state index contributed by atoms with van der Waals surface area (Å²) in [4.78, 5) is 28.7. The number of esters is 1. The molecule has 122 valence electrons. The maximum Gasteiger partial charge on any atom is 0.313 e. The fraction of sp³-hybridized carbons (Fsp3) is 0.211. The maximum absolute atomic E-state index is 13.3. The van der Waals surface area contributed by atoms with Gasteiger partial charge < -0.3 is 4.74 Å². The molecule has 1 aliphatic rings. The Bertz CT molecular complexity index is 829. The molecular formula is C19H16FNO3. The van der Waals surface area contributed by atoms with Crippen molar-refractivity contribution in [3.8, 4) is 0 Å². The molecule has 1 aliphatic carbocycles. The third-order valence-electron chi connectivity index (χ3n) is 3.93. The van der Waals surface area contributed by atoms with E-state index in [1.54, 1.807) is 37.3 Å². The number of pyridine rings is 1. The first-order valence-corrected chi connectivity index (χ1v) is 7.73. The van der Waals surface area contributed by atoms with Gasteiger partial charge in [0.05, 0.1) is 18.2 Å². The van der Waals surface area contributed by atoms with Crippen LogP contribution in [-0.2, 0) is 9.53 Å². The van der Waals surface area contributed by atoms with Crippen molar-refractivity contribution in [1.29, 1.82) is 0 Å². The number of halogens is 1. The van der Waals surface area contributed by atoms with Crippen molar-refractivity contribution in [1.82, 2.24) is 4.98 Å². The highest BCUT2D eigenvalue weighted by Crippen LogP contribution is 2.36. The summed E-state index contributed by atoms with van der Waals surface area (Å²) >= 11 is 0. The van der Waals surface area contributed by atoms with Gasteiger partial charge in [0, 0.05) is 11.1 Å². The van der Waals surface area contributed by atoms with Gasteiger partial charge in [0.1, 0.15) is 0 Å². The number of allylic oxidation sites excluding steroid dienone is 1. The zero-order valence-corrected chi connectivity index (χ0v) is 13.2. The van der Waals surface area contributed by atoms with Crippen molar-refractivity contribution in [2.24, 2.45) is 0 Å². The van der Waals surface area contributed by atoms with Crippen LogP contribution < -0.4 is 0 Å². The first kappa shape index (κ1) is 16.1. The van der Waals surface area contributed by atoms with Crippen molar-refractivity contribution in [3.63, 3.8) is 0 Å². The van der Waals surface area contributed by atoms with Crippen molar-refractivity contribution < 1.29 is 18.7 Å². The second kappa shape index (κ2) is 6.74. The summed E-state index contributed by atoms with van der Waals surface area (Å²) in [5.74, 6) is -1.69. The highest BCUT2D eigenvalue weighted by Gasteiger charge is 2.34. The van der Waals surface area contributed by atoms with Gasteiger partial charge in [-0.05, 0) is 37.1 Å². The standard InChI is InChI=1S/C19H16FNO3/c1-2-24-19(23)16-11-12(10-13-6-5-9-17(20)21-13)18(22)15-8-4-3-7-14(15)16/h3-10,16H,2,11H2,1H3. The Morgan fingerprint density at radius 1 is 1.29 bits per heavy atom. The molecule has 0 N–H and O–H groups in total. The molecule has 0 aliphatic heterocycles. The SMILES string of the molecule is CCOC(=O)C1CC(=Cc2cccc(F)n2)C(=O)c2ccccc21. The van der Waals surface area contributed by atoms with Gasteiger partial charge in [0.15, 0.2) is 5.78 Å². The van der Waals surface area contributed by atoms with Crippen LogP contribution in [0.4, 0.5) is 4.39 Å². The molecule has 1 heterocycles. The van der Waals surface area contributed by atoms with Gasteiger partial charge in [0.2, 0.25) is 5.95 Å². The number of hydrogen-bond acceptors (Lipinski definition) is 4. The van der Waals surface area contributed by atoms with Crippen LogP contribution in [0.15, 0.2) is 48.0 Å². The van der Waals surface area contributed by atoms with E-state index in [2.05, 4.69) is 4.98 Å². The Morgan fingerprint density at radius 2 is 2.08 bits per heavy atom. The van der Waals surface area contributed by atoms with Crippen LogP contribution in [0.2, 0.25) is 0 Å². The second-order valence-corrected chi connectivity index (χ2v) is 5.48. The lowest BCUT2D eigenvalue weighted by atomic mass is 9.79. The largest absolute Gasteiger partial charge is 0.466 e. The number of benzene rings is 1. The zero-order valence-electron chi connectivity index (χ0n) is 13.2. The minimum Gasteiger partial charge on any atom is -0.466 e. The third-order valence-corrected chi connectivity index (χ3v) is 3.93. The molecule has 1 unspecified atom stereocenters. The zero-order chi connectivity index (χ0) is 17.1. The van der Waals surface area contributed by atoms with Crippen molar-refractivity contribution in [2.45, 2.75) is 19.3 Å². The minimum atomic E-state index is -0.616. The first-order valence-electron chi connectivity index (χ1n) is 7.73. The second-order valence-electron chi connectivity index (χ2n) is 5.48. The summed E-state index contributed by atoms with van der Waals surface area (Å²) in [6, 6.07) is 11.4. The molecule has 0 saturated heterocycles. The van der Waals surface area contributed by atoms with Crippen LogP contribution in [0.1, 0.15) is 40.9 Å². The number of carbonyl (C=O) groups is 2. The van der Waals surface area contributed by atoms with Gasteiger partial charge in [-0.2, -0.15) is 4.39 Å². The normalized spacial score (nSPS) is 18.3. The summed E-state index contributed by atoms with van der Waals surface area (Å²) in [5, 5.41) is 0. The van der Waals surface area contributed by atoms with E-state index in [0.29, 0.717) is 22.4 Å². The molecule has 1 atom stereocenters. The Hall–Kier alpha value is -2.82. The molecular weight excluding hydrogens is 309 g/mol. The Balaban J connectivity index is 2.04. The summed E-state index contributed by atoms with van der Waals surface area (Å²) < 4.78 is 18.4. The van der Waals surface area contributed by atoms with Crippen molar-refractivity contribution in [2.75, 3.05) is 6.61 Å². The number of fused-ring (bicyclic) bond motifs is 1. The van der Waals surface area contributed by atoms with Gasteiger partial charge in [-0.25, -0.2) is 4.98 Å². The number of hydrogen-bond donors (Lipinski definition) is 0. The van der Waals surface area contributed by atoms with Gasteiger partial charge >= 0.3 is 5.97 Å². The van der Waals surface area contributed by atoms with Crippen LogP contribution in [0, 0.1) is 5.95 Å². The van der Waals surface area contributed by atoms with Gasteiger partial charge in [-0.15, -0.1) is 0 Å². The predicted molar refractivity (Wildman–Crippen MR) is 86.9 cm³/mol.